The molecule has 1 heterocycles. The molecule has 0 atom stereocenters. The Bertz CT molecular complexity index is 1190. The van der Waals surface area contributed by atoms with Gasteiger partial charge >= 0.3 is 0 Å². The van der Waals surface area contributed by atoms with E-state index in [-0.39, 0.29) is 11.7 Å². The smallest absolute Gasteiger partial charge is 0.267 e. The first-order valence-electron chi connectivity index (χ1n) is 9.50. The largest absolute Gasteiger partial charge is 0.489 e. The summed E-state index contributed by atoms with van der Waals surface area (Å²) in [6.45, 7) is 2.21. The predicted molar refractivity (Wildman–Crippen MR) is 122 cm³/mol. The van der Waals surface area contributed by atoms with Crippen LogP contribution in [0.4, 0.5) is 10.1 Å². The van der Waals surface area contributed by atoms with Gasteiger partial charge in [0.1, 0.15) is 28.1 Å². The first-order chi connectivity index (χ1) is 15.0. The van der Waals surface area contributed by atoms with Gasteiger partial charge in [0.2, 0.25) is 0 Å². The van der Waals surface area contributed by atoms with E-state index in [9.17, 15) is 9.18 Å². The number of aryl methyl sites for hydroxylation is 1. The third-order valence-electron chi connectivity index (χ3n) is 4.52. The van der Waals surface area contributed by atoms with Gasteiger partial charge in [-0.25, -0.2) is 9.37 Å². The zero-order chi connectivity index (χ0) is 21.8. The Balaban J connectivity index is 1.39. The first-order valence-corrected chi connectivity index (χ1v) is 10.7. The van der Waals surface area contributed by atoms with Gasteiger partial charge in [-0.15, -0.1) is 11.3 Å². The zero-order valence-electron chi connectivity index (χ0n) is 16.6. The molecule has 31 heavy (non-hydrogen) atoms. The number of anilines is 1. The number of amides is 1. The van der Waals surface area contributed by atoms with Crippen LogP contribution in [-0.2, 0) is 6.61 Å². The highest BCUT2D eigenvalue weighted by Gasteiger charge is 2.16. The van der Waals surface area contributed by atoms with Crippen molar-refractivity contribution in [1.82, 2.24) is 4.98 Å². The van der Waals surface area contributed by atoms with Crippen molar-refractivity contribution in [3.8, 4) is 16.3 Å². The number of ether oxygens (including phenoxy) is 1. The fourth-order valence-corrected chi connectivity index (χ4v) is 3.99. The summed E-state index contributed by atoms with van der Waals surface area (Å²) >= 11 is 7.16. The van der Waals surface area contributed by atoms with E-state index in [1.165, 1.54) is 23.5 Å². The number of hydrogen-bond acceptors (Lipinski definition) is 4. The lowest BCUT2D eigenvalue weighted by molar-refractivity contribution is 0.103. The van der Waals surface area contributed by atoms with Gasteiger partial charge < -0.3 is 10.1 Å². The highest BCUT2D eigenvalue weighted by atomic mass is 35.5. The van der Waals surface area contributed by atoms with Gasteiger partial charge in [0, 0.05) is 16.3 Å². The Kier molecular flexibility index (Phi) is 6.30. The summed E-state index contributed by atoms with van der Waals surface area (Å²) in [7, 11) is 0. The van der Waals surface area contributed by atoms with Crippen molar-refractivity contribution < 1.29 is 13.9 Å². The molecule has 4 rings (SSSR count). The summed E-state index contributed by atoms with van der Waals surface area (Å²) < 4.78 is 18.9. The topological polar surface area (TPSA) is 51.2 Å². The average Bonchev–Trinajstić information content (AvgIpc) is 3.16. The van der Waals surface area contributed by atoms with Gasteiger partial charge in [0.25, 0.3) is 5.91 Å². The van der Waals surface area contributed by atoms with Crippen LogP contribution in [0.25, 0.3) is 10.6 Å². The van der Waals surface area contributed by atoms with Gasteiger partial charge in [-0.2, -0.15) is 0 Å². The molecule has 0 bridgehead atoms. The molecule has 0 aliphatic carbocycles. The van der Waals surface area contributed by atoms with E-state index >= 15 is 0 Å². The Morgan fingerprint density at radius 3 is 2.39 bits per heavy atom. The van der Waals surface area contributed by atoms with Gasteiger partial charge in [-0.05, 0) is 73.2 Å². The monoisotopic (exact) mass is 452 g/mol. The number of nitrogens with zero attached hydrogens (tertiary/aromatic N) is 1. The van der Waals surface area contributed by atoms with Crippen LogP contribution in [0.5, 0.6) is 5.75 Å². The van der Waals surface area contributed by atoms with Crippen LogP contribution in [-0.4, -0.2) is 10.9 Å². The van der Waals surface area contributed by atoms with E-state index in [0.717, 1.165) is 11.1 Å². The quantitative estimate of drug-likeness (QED) is 0.352. The molecule has 0 aliphatic rings. The van der Waals surface area contributed by atoms with Gasteiger partial charge in [-0.3, -0.25) is 4.79 Å². The molecule has 1 amide bonds. The summed E-state index contributed by atoms with van der Waals surface area (Å²) in [6.07, 6.45) is 0. The highest BCUT2D eigenvalue weighted by molar-refractivity contribution is 7.17. The lowest BCUT2D eigenvalue weighted by atomic mass is 10.2. The number of hydrogen-bond donors (Lipinski definition) is 1. The summed E-state index contributed by atoms with van der Waals surface area (Å²) in [5.74, 6) is 0.147. The van der Waals surface area contributed by atoms with Gasteiger partial charge in [0.15, 0.2) is 0 Å². The second-order valence-electron chi connectivity index (χ2n) is 6.83. The van der Waals surface area contributed by atoms with Crippen molar-refractivity contribution in [1.29, 1.82) is 0 Å². The lowest BCUT2D eigenvalue weighted by Gasteiger charge is -2.08. The standard InChI is InChI=1S/C24H18ClFN2O2S/c1-15-22(31-24(27-15)17-4-8-19(26)9-5-17)23(29)28-20-10-12-21(13-11-20)30-14-16-2-6-18(25)7-3-16/h2-13H,14H2,1H3,(H,28,29). The molecule has 0 saturated heterocycles. The summed E-state index contributed by atoms with van der Waals surface area (Å²) in [5, 5.41) is 4.24. The minimum absolute atomic E-state index is 0.238. The molecule has 7 heteroatoms. The first kappa shape index (κ1) is 21.0. The minimum atomic E-state index is -0.310. The number of aromatic nitrogens is 1. The van der Waals surface area contributed by atoms with E-state index in [4.69, 9.17) is 16.3 Å². The molecular formula is C24H18ClFN2O2S. The molecular weight excluding hydrogens is 435 g/mol. The van der Waals surface area contributed by atoms with Crippen molar-refractivity contribution in [3.05, 3.63) is 99.8 Å². The van der Waals surface area contributed by atoms with Crippen LogP contribution in [0.3, 0.4) is 0 Å². The van der Waals surface area contributed by atoms with Crippen molar-refractivity contribution in [2.45, 2.75) is 13.5 Å². The van der Waals surface area contributed by atoms with Crippen molar-refractivity contribution in [2.24, 2.45) is 0 Å². The Morgan fingerprint density at radius 1 is 1.03 bits per heavy atom. The van der Waals surface area contributed by atoms with Gasteiger partial charge in [-0.1, -0.05) is 23.7 Å². The molecule has 4 aromatic rings. The number of benzene rings is 3. The second-order valence-corrected chi connectivity index (χ2v) is 8.27. The molecule has 0 aliphatic heterocycles. The van der Waals surface area contributed by atoms with E-state index < -0.39 is 0 Å². The molecule has 4 nitrogen and oxygen atoms in total. The third kappa shape index (κ3) is 5.29. The number of carbonyl (C=O) groups is 1. The normalized spacial score (nSPS) is 10.7. The molecule has 0 radical (unpaired) electrons. The van der Waals surface area contributed by atoms with Crippen molar-refractivity contribution >= 4 is 34.5 Å². The molecule has 156 valence electrons. The van der Waals surface area contributed by atoms with Crippen LogP contribution in [0.2, 0.25) is 5.02 Å². The maximum absolute atomic E-state index is 13.1. The Hall–Kier alpha value is -3.22. The van der Waals surface area contributed by atoms with E-state index in [2.05, 4.69) is 10.3 Å². The molecule has 1 N–H and O–H groups in total. The Labute approximate surface area is 188 Å². The molecule has 3 aromatic carbocycles. The van der Waals surface area contributed by atoms with Crippen LogP contribution in [0, 0.1) is 12.7 Å². The van der Waals surface area contributed by atoms with Crippen LogP contribution < -0.4 is 10.1 Å². The fraction of sp³-hybridized carbons (Fsp3) is 0.0833. The number of rotatable bonds is 6. The van der Waals surface area contributed by atoms with Gasteiger partial charge in [0.05, 0.1) is 5.69 Å². The van der Waals surface area contributed by atoms with E-state index in [1.54, 1.807) is 43.3 Å². The summed E-state index contributed by atoms with van der Waals surface area (Å²) in [6, 6.07) is 20.7. The van der Waals surface area contributed by atoms with Crippen molar-refractivity contribution in [2.75, 3.05) is 5.32 Å². The van der Waals surface area contributed by atoms with Crippen LogP contribution in [0.15, 0.2) is 72.8 Å². The van der Waals surface area contributed by atoms with Crippen LogP contribution >= 0.6 is 22.9 Å². The molecule has 0 spiro atoms. The molecule has 0 unspecified atom stereocenters. The molecule has 0 saturated carbocycles. The SMILES string of the molecule is Cc1nc(-c2ccc(F)cc2)sc1C(=O)Nc1ccc(OCc2ccc(Cl)cc2)cc1. The second kappa shape index (κ2) is 9.29. The number of thiazole rings is 1. The lowest BCUT2D eigenvalue weighted by Crippen LogP contribution is -2.11. The number of carbonyl (C=O) groups excluding carboxylic acids is 1. The minimum Gasteiger partial charge on any atom is -0.489 e. The number of nitrogens with one attached hydrogen (secondary N) is 1. The van der Waals surface area contributed by atoms with Crippen LogP contribution in [0.1, 0.15) is 20.9 Å². The molecule has 1 aromatic heterocycles. The van der Waals surface area contributed by atoms with Crippen molar-refractivity contribution in [3.63, 3.8) is 0 Å². The fourth-order valence-electron chi connectivity index (χ4n) is 2.89. The average molecular weight is 453 g/mol. The van der Waals surface area contributed by atoms with E-state index in [1.807, 2.05) is 24.3 Å². The zero-order valence-corrected chi connectivity index (χ0v) is 18.1. The maximum Gasteiger partial charge on any atom is 0.267 e. The molecule has 0 fully saturated rings. The summed E-state index contributed by atoms with van der Waals surface area (Å²) in [5.41, 5.74) is 3.07. The maximum atomic E-state index is 13.1. The predicted octanol–water partition coefficient (Wildman–Crippen LogP) is 6.74. The third-order valence-corrected chi connectivity index (χ3v) is 5.98. The number of halogens is 2. The highest BCUT2D eigenvalue weighted by Crippen LogP contribution is 2.29. The van der Waals surface area contributed by atoms with E-state index in [0.29, 0.717) is 38.6 Å². The Morgan fingerprint density at radius 2 is 1.71 bits per heavy atom. The summed E-state index contributed by atoms with van der Waals surface area (Å²) in [4.78, 5) is 17.7.